The lowest BCUT2D eigenvalue weighted by molar-refractivity contribution is 0.0697. The topological polar surface area (TPSA) is 102 Å². The second-order valence-corrected chi connectivity index (χ2v) is 10.6. The molecule has 4 aromatic rings. The highest BCUT2D eigenvalue weighted by Gasteiger charge is 2.19. The van der Waals surface area contributed by atoms with Crippen LogP contribution in [0, 0.1) is 6.92 Å². The molecule has 0 bridgehead atoms. The Morgan fingerprint density at radius 2 is 1.91 bits per heavy atom. The molecule has 0 aliphatic heterocycles. The van der Waals surface area contributed by atoms with Crippen molar-refractivity contribution in [3.63, 3.8) is 0 Å². The standard InChI is InChI=1S/C22H20ClN3O4S2/c1-3-19-24-20-13(2)25-31-21(20)26(19)11-14-4-8-17(9-5-14)32(29,30)12-16-7-6-15(22(27)28)10-18(16)23/h4-10H,3,11-12H2,1-2H3,(H,27,28). The number of carboxylic acids is 1. The van der Waals surface area contributed by atoms with Crippen LogP contribution in [0.5, 0.6) is 0 Å². The van der Waals surface area contributed by atoms with Gasteiger partial charge in [-0.15, -0.1) is 0 Å². The molecule has 2 aromatic carbocycles. The van der Waals surface area contributed by atoms with Crippen molar-refractivity contribution in [2.24, 2.45) is 0 Å². The second kappa shape index (κ2) is 8.65. The maximum Gasteiger partial charge on any atom is 0.335 e. The third kappa shape index (κ3) is 4.28. The highest BCUT2D eigenvalue weighted by atomic mass is 35.5. The minimum atomic E-state index is -3.65. The van der Waals surface area contributed by atoms with Crippen molar-refractivity contribution in [3.05, 3.63) is 75.7 Å². The number of imidazole rings is 1. The zero-order valence-electron chi connectivity index (χ0n) is 17.4. The molecular weight excluding hydrogens is 470 g/mol. The molecule has 0 unspecified atom stereocenters. The number of aryl methyl sites for hydroxylation is 2. The molecule has 32 heavy (non-hydrogen) atoms. The van der Waals surface area contributed by atoms with Crippen molar-refractivity contribution in [1.82, 2.24) is 13.9 Å². The zero-order valence-corrected chi connectivity index (χ0v) is 19.8. The molecule has 2 aromatic heterocycles. The Morgan fingerprint density at radius 3 is 2.53 bits per heavy atom. The van der Waals surface area contributed by atoms with Gasteiger partial charge in [0, 0.05) is 11.4 Å². The number of aromatic carboxylic acids is 1. The lowest BCUT2D eigenvalue weighted by Crippen LogP contribution is -2.07. The number of halogens is 1. The fourth-order valence-electron chi connectivity index (χ4n) is 3.47. The summed E-state index contributed by atoms with van der Waals surface area (Å²) in [6.45, 7) is 4.57. The summed E-state index contributed by atoms with van der Waals surface area (Å²) in [4.78, 5) is 16.9. The van der Waals surface area contributed by atoms with Gasteiger partial charge in [0.25, 0.3) is 0 Å². The van der Waals surface area contributed by atoms with Gasteiger partial charge in [-0.25, -0.2) is 18.2 Å². The first-order valence-corrected chi connectivity index (χ1v) is 12.6. The molecule has 10 heteroatoms. The van der Waals surface area contributed by atoms with Crippen molar-refractivity contribution in [2.75, 3.05) is 0 Å². The molecule has 0 aliphatic rings. The molecule has 4 rings (SSSR count). The summed E-state index contributed by atoms with van der Waals surface area (Å²) in [7, 11) is -3.65. The van der Waals surface area contributed by atoms with Crippen LogP contribution < -0.4 is 0 Å². The second-order valence-electron chi connectivity index (χ2n) is 7.40. The summed E-state index contributed by atoms with van der Waals surface area (Å²) >= 11 is 7.52. The number of nitrogens with zero attached hydrogens (tertiary/aromatic N) is 3. The SMILES string of the molecule is CCc1nc2c(C)nsc2n1Cc1ccc(S(=O)(=O)Cc2ccc(C(=O)O)cc2Cl)cc1. The molecule has 7 nitrogen and oxygen atoms in total. The summed E-state index contributed by atoms with van der Waals surface area (Å²) in [5.74, 6) is -0.465. The average Bonchev–Trinajstić information content (AvgIpc) is 3.29. The van der Waals surface area contributed by atoms with Gasteiger partial charge in [0.2, 0.25) is 0 Å². The van der Waals surface area contributed by atoms with Gasteiger partial charge in [0.15, 0.2) is 9.84 Å². The van der Waals surface area contributed by atoms with Crippen LogP contribution in [0.25, 0.3) is 10.3 Å². The predicted molar refractivity (Wildman–Crippen MR) is 124 cm³/mol. The van der Waals surface area contributed by atoms with E-state index in [9.17, 15) is 13.2 Å². The number of rotatable bonds is 7. The molecule has 0 amide bonds. The van der Waals surface area contributed by atoms with E-state index < -0.39 is 15.8 Å². The van der Waals surface area contributed by atoms with Gasteiger partial charge in [0.1, 0.15) is 16.2 Å². The molecule has 0 spiro atoms. The minimum Gasteiger partial charge on any atom is -0.478 e. The number of aromatic nitrogens is 3. The van der Waals surface area contributed by atoms with Gasteiger partial charge in [-0.2, -0.15) is 4.37 Å². The fraction of sp³-hybridized carbons (Fsp3) is 0.227. The molecule has 166 valence electrons. The van der Waals surface area contributed by atoms with E-state index in [1.165, 1.54) is 29.7 Å². The molecule has 0 aliphatic carbocycles. The highest BCUT2D eigenvalue weighted by molar-refractivity contribution is 7.90. The first-order valence-electron chi connectivity index (χ1n) is 9.84. The summed E-state index contributed by atoms with van der Waals surface area (Å²) in [5.41, 5.74) is 3.14. The van der Waals surface area contributed by atoms with Crippen LogP contribution >= 0.6 is 23.1 Å². The van der Waals surface area contributed by atoms with E-state index in [0.29, 0.717) is 12.1 Å². The van der Waals surface area contributed by atoms with Crippen LogP contribution in [-0.2, 0) is 28.6 Å². The molecular formula is C22H20ClN3O4S2. The van der Waals surface area contributed by atoms with Crippen LogP contribution in [0.1, 0.15) is 39.9 Å². The maximum absolute atomic E-state index is 12.9. The van der Waals surface area contributed by atoms with Crippen molar-refractivity contribution in [2.45, 2.75) is 37.5 Å². The van der Waals surface area contributed by atoms with E-state index in [4.69, 9.17) is 16.7 Å². The summed E-state index contributed by atoms with van der Waals surface area (Å²) < 4.78 is 32.3. The molecule has 2 heterocycles. The Labute approximate surface area is 194 Å². The summed E-state index contributed by atoms with van der Waals surface area (Å²) in [6.07, 6.45) is 0.786. The lowest BCUT2D eigenvalue weighted by atomic mass is 10.1. The van der Waals surface area contributed by atoms with Gasteiger partial charge >= 0.3 is 5.97 Å². The Morgan fingerprint density at radius 1 is 1.19 bits per heavy atom. The van der Waals surface area contributed by atoms with Crippen LogP contribution in [0.3, 0.4) is 0 Å². The zero-order chi connectivity index (χ0) is 23.0. The summed E-state index contributed by atoms with van der Waals surface area (Å²) in [5, 5.41) is 9.15. The van der Waals surface area contributed by atoms with E-state index >= 15 is 0 Å². The van der Waals surface area contributed by atoms with Crippen LogP contribution in [0.15, 0.2) is 47.4 Å². The number of carboxylic acid groups (broad SMARTS) is 1. The minimum absolute atomic E-state index is 0.0108. The third-order valence-electron chi connectivity index (χ3n) is 5.20. The van der Waals surface area contributed by atoms with Crippen molar-refractivity contribution in [3.8, 4) is 0 Å². The van der Waals surface area contributed by atoms with Crippen molar-refractivity contribution in [1.29, 1.82) is 0 Å². The summed E-state index contributed by atoms with van der Waals surface area (Å²) in [6, 6.07) is 10.8. The molecule has 0 saturated heterocycles. The quantitative estimate of drug-likeness (QED) is 0.402. The smallest absolute Gasteiger partial charge is 0.335 e. The number of hydrogen-bond donors (Lipinski definition) is 1. The molecule has 0 atom stereocenters. The lowest BCUT2D eigenvalue weighted by Gasteiger charge is -2.10. The van der Waals surface area contributed by atoms with E-state index in [1.54, 1.807) is 24.3 Å². The van der Waals surface area contributed by atoms with E-state index in [0.717, 1.165) is 33.8 Å². The van der Waals surface area contributed by atoms with Gasteiger partial charge in [-0.05, 0) is 53.8 Å². The predicted octanol–water partition coefficient (Wildman–Crippen LogP) is 4.74. The Kier molecular flexibility index (Phi) is 6.07. The molecule has 0 saturated carbocycles. The van der Waals surface area contributed by atoms with Crippen LogP contribution in [0.4, 0.5) is 0 Å². The van der Waals surface area contributed by atoms with E-state index in [-0.39, 0.29) is 21.2 Å². The first-order chi connectivity index (χ1) is 15.2. The Balaban J connectivity index is 1.57. The van der Waals surface area contributed by atoms with Gasteiger partial charge in [-0.1, -0.05) is 36.7 Å². The van der Waals surface area contributed by atoms with Gasteiger partial charge in [0.05, 0.1) is 28.5 Å². The van der Waals surface area contributed by atoms with Crippen molar-refractivity contribution < 1.29 is 18.3 Å². The van der Waals surface area contributed by atoms with Crippen LogP contribution in [-0.4, -0.2) is 33.4 Å². The molecule has 0 radical (unpaired) electrons. The van der Waals surface area contributed by atoms with Gasteiger partial charge in [-0.3, -0.25) is 0 Å². The first kappa shape index (κ1) is 22.4. The molecule has 0 fully saturated rings. The maximum atomic E-state index is 12.9. The monoisotopic (exact) mass is 489 g/mol. The number of hydrogen-bond acceptors (Lipinski definition) is 6. The van der Waals surface area contributed by atoms with E-state index in [1.807, 2.05) is 6.92 Å². The molecule has 1 N–H and O–H groups in total. The van der Waals surface area contributed by atoms with Crippen molar-refractivity contribution >= 4 is 49.3 Å². The van der Waals surface area contributed by atoms with Gasteiger partial charge < -0.3 is 9.67 Å². The number of benzene rings is 2. The number of carbonyl (C=O) groups is 1. The average molecular weight is 490 g/mol. The Bertz CT molecular complexity index is 1420. The number of fused-ring (bicyclic) bond motifs is 1. The van der Waals surface area contributed by atoms with Crippen LogP contribution in [0.2, 0.25) is 5.02 Å². The largest absolute Gasteiger partial charge is 0.478 e. The fourth-order valence-corrected chi connectivity index (χ4v) is 6.03. The Hall–Kier alpha value is -2.75. The third-order valence-corrected chi connectivity index (χ3v) is 8.18. The van der Waals surface area contributed by atoms with E-state index in [2.05, 4.69) is 20.8 Å². The normalized spacial score (nSPS) is 11.8. The number of sulfone groups is 1. The highest BCUT2D eigenvalue weighted by Crippen LogP contribution is 2.26.